The summed E-state index contributed by atoms with van der Waals surface area (Å²) < 4.78 is 23.4. The number of carboxylic acid groups (broad SMARTS) is 1. The molecule has 0 spiro atoms. The molecule has 3 amide bonds. The van der Waals surface area contributed by atoms with E-state index in [0.717, 1.165) is 63.6 Å². The number of hydrogen-bond acceptors (Lipinski definition) is 10. The molecule has 4 N–H and O–H groups in total. The van der Waals surface area contributed by atoms with Crippen molar-refractivity contribution in [2.75, 3.05) is 76.0 Å². The summed E-state index contributed by atoms with van der Waals surface area (Å²) >= 11 is 0. The van der Waals surface area contributed by atoms with Gasteiger partial charge in [0.2, 0.25) is 11.8 Å². The molecular formula is C54H61N5O9. The Hall–Kier alpha value is -6.79. The van der Waals surface area contributed by atoms with Gasteiger partial charge in [0, 0.05) is 90.6 Å². The van der Waals surface area contributed by atoms with Crippen molar-refractivity contribution in [3.05, 3.63) is 135 Å². The smallest absolute Gasteiger partial charge is 0.336 e. The predicted molar refractivity (Wildman–Crippen MR) is 262 cm³/mol. The quantitative estimate of drug-likeness (QED) is 0.0491. The van der Waals surface area contributed by atoms with Crippen LogP contribution in [0.5, 0.6) is 5.75 Å². The summed E-state index contributed by atoms with van der Waals surface area (Å²) in [4.78, 5) is 58.5. The van der Waals surface area contributed by atoms with Crippen molar-refractivity contribution in [2.24, 2.45) is 16.8 Å². The Bertz CT molecular complexity index is 2610. The van der Waals surface area contributed by atoms with E-state index < -0.39 is 11.9 Å². The van der Waals surface area contributed by atoms with Crippen LogP contribution in [0.2, 0.25) is 0 Å². The highest BCUT2D eigenvalue weighted by molar-refractivity contribution is 6.00. The Kier molecular flexibility index (Phi) is 17.2. The second-order valence-corrected chi connectivity index (χ2v) is 17.0. The fraction of sp³-hybridized carbons (Fsp3) is 0.389. The minimum absolute atomic E-state index is 0.0523. The van der Waals surface area contributed by atoms with Gasteiger partial charge in [0.15, 0.2) is 0 Å². The summed E-state index contributed by atoms with van der Waals surface area (Å²) in [7, 11) is 0. The van der Waals surface area contributed by atoms with Crippen LogP contribution >= 0.6 is 0 Å². The van der Waals surface area contributed by atoms with E-state index in [1.54, 1.807) is 17.0 Å². The summed E-state index contributed by atoms with van der Waals surface area (Å²) in [5.74, 6) is 5.69. The lowest BCUT2D eigenvalue weighted by atomic mass is 9.69. The van der Waals surface area contributed by atoms with Gasteiger partial charge in [0.1, 0.15) is 11.5 Å². The minimum atomic E-state index is -1.11. The van der Waals surface area contributed by atoms with E-state index in [2.05, 4.69) is 40.8 Å². The van der Waals surface area contributed by atoms with Crippen molar-refractivity contribution < 1.29 is 43.2 Å². The monoisotopic (exact) mass is 923 g/mol. The van der Waals surface area contributed by atoms with Crippen LogP contribution < -0.4 is 25.6 Å². The molecule has 0 aromatic heterocycles. The summed E-state index contributed by atoms with van der Waals surface area (Å²) in [5.41, 5.74) is 8.16. The molecule has 0 fully saturated rings. The summed E-state index contributed by atoms with van der Waals surface area (Å²) in [6, 6.07) is 24.3. The van der Waals surface area contributed by atoms with Gasteiger partial charge in [-0.15, -0.1) is 0 Å². The number of aromatic carboxylic acids is 1. The molecule has 2 heterocycles. The number of hydrogen-bond donors (Lipinski definition) is 4. The normalized spacial score (nSPS) is 17.4. The second-order valence-electron chi connectivity index (χ2n) is 17.0. The topological polar surface area (TPSA) is 177 Å². The van der Waals surface area contributed by atoms with Crippen molar-refractivity contribution in [3.63, 3.8) is 0 Å². The predicted octanol–water partition coefficient (Wildman–Crippen LogP) is 7.27. The van der Waals surface area contributed by atoms with E-state index in [-0.39, 0.29) is 66.7 Å². The third-order valence-electron chi connectivity index (χ3n) is 12.3. The Morgan fingerprint density at radius 1 is 0.824 bits per heavy atom. The van der Waals surface area contributed by atoms with Crippen LogP contribution in [0.25, 0.3) is 0 Å². The lowest BCUT2D eigenvalue weighted by molar-refractivity contribution is -0.125. The number of anilines is 2. The maximum Gasteiger partial charge on any atom is 0.336 e. The van der Waals surface area contributed by atoms with E-state index in [9.17, 15) is 24.3 Å². The van der Waals surface area contributed by atoms with Gasteiger partial charge in [0.05, 0.1) is 57.4 Å². The lowest BCUT2D eigenvalue weighted by Crippen LogP contribution is -2.34. The van der Waals surface area contributed by atoms with Gasteiger partial charge in [-0.1, -0.05) is 55.2 Å². The van der Waals surface area contributed by atoms with Gasteiger partial charge in [0.25, 0.3) is 5.91 Å². The van der Waals surface area contributed by atoms with Gasteiger partial charge in [-0.3, -0.25) is 19.4 Å². The van der Waals surface area contributed by atoms with E-state index >= 15 is 0 Å². The number of amides is 3. The van der Waals surface area contributed by atoms with Gasteiger partial charge in [-0.25, -0.2) is 4.79 Å². The van der Waals surface area contributed by atoms with Crippen LogP contribution in [0.4, 0.5) is 11.4 Å². The zero-order valence-corrected chi connectivity index (χ0v) is 39.3. The molecule has 0 saturated heterocycles. The molecule has 3 aliphatic rings. The number of fused-ring (bicyclic) bond motifs is 4. The maximum absolute atomic E-state index is 13.4. The molecule has 2 aliphatic heterocycles. The number of ether oxygens (including phenoxy) is 4. The second kappa shape index (κ2) is 23.8. The molecule has 14 heteroatoms. The molecule has 3 unspecified atom stereocenters. The number of carboxylic acids is 1. The molecule has 0 bridgehead atoms. The van der Waals surface area contributed by atoms with Gasteiger partial charge in [-0.2, -0.15) is 0 Å². The molecule has 4 aromatic carbocycles. The highest BCUT2D eigenvalue weighted by atomic mass is 16.5. The molecule has 3 atom stereocenters. The number of carbonyl (C=O) groups is 4. The maximum atomic E-state index is 13.4. The Labute approximate surface area is 398 Å². The van der Waals surface area contributed by atoms with Crippen molar-refractivity contribution >= 4 is 40.8 Å². The van der Waals surface area contributed by atoms with Crippen LogP contribution in [0.3, 0.4) is 0 Å². The Morgan fingerprint density at radius 2 is 1.51 bits per heavy atom. The number of nitrogens with one attached hydrogen (secondary N) is 3. The first kappa shape index (κ1) is 49.1. The van der Waals surface area contributed by atoms with Crippen molar-refractivity contribution in [1.29, 1.82) is 0 Å². The zero-order valence-electron chi connectivity index (χ0n) is 39.3. The number of rotatable bonds is 21. The van der Waals surface area contributed by atoms with E-state index in [0.29, 0.717) is 64.0 Å². The minimum Gasteiger partial charge on any atom is -0.478 e. The first-order valence-corrected chi connectivity index (χ1v) is 23.5. The summed E-state index contributed by atoms with van der Waals surface area (Å²) in [6.45, 7) is 12.3. The zero-order chi connectivity index (χ0) is 48.0. The van der Waals surface area contributed by atoms with E-state index in [1.807, 2.05) is 81.4 Å². The molecule has 7 rings (SSSR count). The number of para-hydroxylation sites is 1. The fourth-order valence-corrected chi connectivity index (χ4v) is 8.90. The highest BCUT2D eigenvalue weighted by Gasteiger charge is 2.42. The molecule has 68 heavy (non-hydrogen) atoms. The highest BCUT2D eigenvalue weighted by Crippen LogP contribution is 2.51. The largest absolute Gasteiger partial charge is 0.478 e. The number of benzene rings is 4. The average Bonchev–Trinajstić information content (AvgIpc) is 3.33. The SMILES string of the molecule is CC/N=C1/C=C2Oc3cc(NCC)c(C)cc3C(c3ccc(C(=O)NCCOCCOCCOCCNC(=O)CCC(=O)N4Cc5ccccc5C#Cc5ccccc54)cc3C(=O)O)C2CC1C. The van der Waals surface area contributed by atoms with Crippen molar-refractivity contribution in [2.45, 2.75) is 59.4 Å². The number of aryl methyl sites for hydroxylation is 1. The van der Waals surface area contributed by atoms with Gasteiger partial charge < -0.3 is 44.9 Å². The Morgan fingerprint density at radius 3 is 2.25 bits per heavy atom. The number of nitrogens with zero attached hydrogens (tertiary/aromatic N) is 2. The van der Waals surface area contributed by atoms with Crippen molar-refractivity contribution in [3.8, 4) is 17.6 Å². The summed E-state index contributed by atoms with van der Waals surface area (Å²) in [6.07, 6.45) is 2.87. The van der Waals surface area contributed by atoms with Crippen LogP contribution in [-0.2, 0) is 30.3 Å². The van der Waals surface area contributed by atoms with E-state index in [1.165, 1.54) is 6.07 Å². The van der Waals surface area contributed by atoms with Crippen LogP contribution in [0.1, 0.15) is 100 Å². The van der Waals surface area contributed by atoms with Crippen LogP contribution in [0, 0.1) is 30.6 Å². The fourth-order valence-electron chi connectivity index (χ4n) is 8.90. The third-order valence-corrected chi connectivity index (χ3v) is 12.3. The van der Waals surface area contributed by atoms with E-state index in [4.69, 9.17) is 23.9 Å². The first-order valence-electron chi connectivity index (χ1n) is 23.5. The summed E-state index contributed by atoms with van der Waals surface area (Å²) in [5, 5.41) is 19.6. The van der Waals surface area contributed by atoms with Gasteiger partial charge in [-0.05, 0) is 92.3 Å². The third kappa shape index (κ3) is 12.2. The Balaban J connectivity index is 0.800. The molecule has 1 aliphatic carbocycles. The van der Waals surface area contributed by atoms with Crippen LogP contribution in [0.15, 0.2) is 95.7 Å². The molecule has 4 aromatic rings. The number of aliphatic imine (C=N–C) groups is 1. The molecule has 356 valence electrons. The number of carbonyl (C=O) groups excluding carboxylic acids is 3. The van der Waals surface area contributed by atoms with Gasteiger partial charge >= 0.3 is 5.97 Å². The first-order chi connectivity index (χ1) is 33.1. The van der Waals surface area contributed by atoms with Crippen LogP contribution in [-0.4, -0.2) is 100 Å². The number of allylic oxidation sites excluding steroid dienone is 2. The van der Waals surface area contributed by atoms with Crippen molar-refractivity contribution in [1.82, 2.24) is 10.6 Å². The lowest BCUT2D eigenvalue weighted by Gasteiger charge is -2.40. The molecule has 0 radical (unpaired) electrons. The molecule has 0 saturated carbocycles. The molecular weight excluding hydrogens is 863 g/mol. The molecule has 14 nitrogen and oxygen atoms in total. The standard InChI is InChI=1S/C54H61N5O9/c1-5-55-45-32-48-43(29-35(45)3)52(44-30-36(4)46(56-6-2)33-49(44)68-48)41-18-17-39(31-42(41)54(63)64)53(62)58-22-24-66-26-28-67-27-25-65-23-21-57-50(60)19-20-51(61)59-34-40-13-8-7-11-37(40)15-16-38-12-9-10-14-47(38)59/h7-14,17-18,29,31-33,36,44,52,55H,5-6,19-28,30,34H2,1-4H3,(H,57,60)(H,58,62)(H,63,64)/b56-46-. The average molecular weight is 924 g/mol.